The lowest BCUT2D eigenvalue weighted by atomic mass is 9.93. The number of anilines is 2. The van der Waals surface area contributed by atoms with Crippen LogP contribution in [0.25, 0.3) is 0 Å². The first-order valence-electron chi connectivity index (χ1n) is 6.13. The van der Waals surface area contributed by atoms with E-state index in [1.807, 2.05) is 14.1 Å². The van der Waals surface area contributed by atoms with E-state index in [0.717, 1.165) is 6.54 Å². The van der Waals surface area contributed by atoms with E-state index in [9.17, 15) is 10.1 Å². The number of nitro benzene ring substituents is 1. The van der Waals surface area contributed by atoms with E-state index < -0.39 is 4.92 Å². The fraction of sp³-hybridized carbons (Fsp3) is 0.538. The summed E-state index contributed by atoms with van der Waals surface area (Å²) in [7, 11) is 4.04. The molecule has 1 aromatic rings. The molecule has 0 saturated carbocycles. The summed E-state index contributed by atoms with van der Waals surface area (Å²) in [6.07, 6.45) is 0. The van der Waals surface area contributed by atoms with Crippen molar-refractivity contribution in [3.05, 3.63) is 28.3 Å². The van der Waals surface area contributed by atoms with E-state index in [4.69, 9.17) is 5.73 Å². The molecule has 0 bridgehead atoms. The van der Waals surface area contributed by atoms with Crippen LogP contribution in [0.4, 0.5) is 17.1 Å². The molecular formula is C13H22N4O2. The molecule has 0 aliphatic heterocycles. The van der Waals surface area contributed by atoms with Crippen LogP contribution in [0.1, 0.15) is 13.8 Å². The quantitative estimate of drug-likeness (QED) is 0.468. The number of nitro groups is 1. The molecule has 0 radical (unpaired) electrons. The minimum atomic E-state index is -0.438. The lowest BCUT2D eigenvalue weighted by Crippen LogP contribution is -2.34. The molecule has 1 aromatic carbocycles. The third-order valence-corrected chi connectivity index (χ3v) is 2.67. The molecule has 1 rings (SSSR count). The molecule has 0 saturated heterocycles. The van der Waals surface area contributed by atoms with Gasteiger partial charge in [0, 0.05) is 36.6 Å². The number of nitrogens with zero attached hydrogens (tertiary/aromatic N) is 2. The highest BCUT2D eigenvalue weighted by atomic mass is 16.6. The van der Waals surface area contributed by atoms with Crippen LogP contribution in [0.3, 0.4) is 0 Å². The van der Waals surface area contributed by atoms with E-state index in [1.54, 1.807) is 6.07 Å². The van der Waals surface area contributed by atoms with Gasteiger partial charge in [0.25, 0.3) is 5.69 Å². The van der Waals surface area contributed by atoms with Gasteiger partial charge in [-0.15, -0.1) is 0 Å². The fourth-order valence-electron chi connectivity index (χ4n) is 2.10. The first-order chi connectivity index (χ1) is 8.69. The highest BCUT2D eigenvalue weighted by Crippen LogP contribution is 2.24. The van der Waals surface area contributed by atoms with Crippen LogP contribution in [-0.2, 0) is 0 Å². The number of nitrogen functional groups attached to an aromatic ring is 1. The molecule has 19 heavy (non-hydrogen) atoms. The van der Waals surface area contributed by atoms with Crippen molar-refractivity contribution < 1.29 is 4.92 Å². The van der Waals surface area contributed by atoms with Gasteiger partial charge in [-0.1, -0.05) is 13.8 Å². The third-order valence-electron chi connectivity index (χ3n) is 2.67. The highest BCUT2D eigenvalue weighted by molar-refractivity contribution is 5.61. The Balaban J connectivity index is 2.75. The van der Waals surface area contributed by atoms with Gasteiger partial charge in [0.05, 0.1) is 4.92 Å². The van der Waals surface area contributed by atoms with Crippen molar-refractivity contribution >= 4 is 17.1 Å². The second kappa shape index (κ2) is 5.88. The Bertz CT molecular complexity index is 458. The van der Waals surface area contributed by atoms with E-state index in [-0.39, 0.29) is 11.1 Å². The maximum absolute atomic E-state index is 10.8. The molecule has 0 unspecified atom stereocenters. The Morgan fingerprint density at radius 3 is 2.53 bits per heavy atom. The van der Waals surface area contributed by atoms with Crippen LogP contribution >= 0.6 is 0 Å². The SMILES string of the molecule is CN(C)CC(C)(C)CNc1cc(N)cc([N+](=O)[O-])c1. The molecule has 0 amide bonds. The number of nitrogens with two attached hydrogens (primary N) is 1. The largest absolute Gasteiger partial charge is 0.398 e. The van der Waals surface area contributed by atoms with Crippen molar-refractivity contribution in [1.82, 2.24) is 4.90 Å². The average molecular weight is 266 g/mol. The molecule has 106 valence electrons. The van der Waals surface area contributed by atoms with Crippen LogP contribution in [-0.4, -0.2) is 37.0 Å². The Kier molecular flexibility index (Phi) is 4.72. The van der Waals surface area contributed by atoms with E-state index in [1.165, 1.54) is 12.1 Å². The summed E-state index contributed by atoms with van der Waals surface area (Å²) in [5.74, 6) is 0. The van der Waals surface area contributed by atoms with E-state index in [0.29, 0.717) is 17.9 Å². The van der Waals surface area contributed by atoms with Crippen molar-refractivity contribution in [2.45, 2.75) is 13.8 Å². The van der Waals surface area contributed by atoms with E-state index >= 15 is 0 Å². The first-order valence-corrected chi connectivity index (χ1v) is 6.13. The van der Waals surface area contributed by atoms with Crippen molar-refractivity contribution in [3.8, 4) is 0 Å². The number of benzene rings is 1. The molecule has 0 spiro atoms. The van der Waals surface area contributed by atoms with Crippen LogP contribution in [0.5, 0.6) is 0 Å². The lowest BCUT2D eigenvalue weighted by Gasteiger charge is -2.28. The third kappa shape index (κ3) is 5.13. The zero-order chi connectivity index (χ0) is 14.6. The molecular weight excluding hydrogens is 244 g/mol. The zero-order valence-corrected chi connectivity index (χ0v) is 11.9. The summed E-state index contributed by atoms with van der Waals surface area (Å²) < 4.78 is 0. The summed E-state index contributed by atoms with van der Waals surface area (Å²) in [6, 6.07) is 4.57. The Labute approximate surface area is 113 Å². The minimum absolute atomic E-state index is 0.00733. The van der Waals surface area contributed by atoms with Crippen molar-refractivity contribution in [1.29, 1.82) is 0 Å². The predicted octanol–water partition coefficient (Wildman–Crippen LogP) is 2.18. The summed E-state index contributed by atoms with van der Waals surface area (Å²) in [5, 5.41) is 14.0. The summed E-state index contributed by atoms with van der Waals surface area (Å²) in [6.45, 7) is 5.91. The summed E-state index contributed by atoms with van der Waals surface area (Å²) in [5.41, 5.74) is 6.80. The van der Waals surface area contributed by atoms with Gasteiger partial charge in [-0.3, -0.25) is 10.1 Å². The molecule has 3 N–H and O–H groups in total. The maximum Gasteiger partial charge on any atom is 0.273 e. The van der Waals surface area contributed by atoms with Crippen LogP contribution in [0, 0.1) is 15.5 Å². The molecule has 0 aliphatic carbocycles. The van der Waals surface area contributed by atoms with Gasteiger partial charge in [-0.25, -0.2) is 0 Å². The number of nitrogens with one attached hydrogen (secondary N) is 1. The standard InChI is InChI=1S/C13H22N4O2/c1-13(2,9-16(3)4)8-15-11-5-10(14)6-12(7-11)17(18)19/h5-7,15H,8-9,14H2,1-4H3. The predicted molar refractivity (Wildman–Crippen MR) is 78.3 cm³/mol. The summed E-state index contributed by atoms with van der Waals surface area (Å²) in [4.78, 5) is 12.4. The van der Waals surface area contributed by atoms with Gasteiger partial charge in [0.2, 0.25) is 0 Å². The Morgan fingerprint density at radius 2 is 2.00 bits per heavy atom. The zero-order valence-electron chi connectivity index (χ0n) is 11.9. The number of hydrogen-bond acceptors (Lipinski definition) is 5. The van der Waals surface area contributed by atoms with Gasteiger partial charge in [-0.2, -0.15) is 0 Å². The van der Waals surface area contributed by atoms with Crippen molar-refractivity contribution in [3.63, 3.8) is 0 Å². The van der Waals surface area contributed by atoms with Gasteiger partial charge in [0.1, 0.15) is 0 Å². The molecule has 0 fully saturated rings. The second-order valence-electron chi connectivity index (χ2n) is 5.83. The molecule has 0 aromatic heterocycles. The molecule has 0 heterocycles. The summed E-state index contributed by atoms with van der Waals surface area (Å²) >= 11 is 0. The van der Waals surface area contributed by atoms with Crippen molar-refractivity contribution in [2.75, 3.05) is 38.2 Å². The second-order valence-corrected chi connectivity index (χ2v) is 5.83. The molecule has 0 aliphatic rings. The number of rotatable bonds is 6. The lowest BCUT2D eigenvalue weighted by molar-refractivity contribution is -0.384. The van der Waals surface area contributed by atoms with Gasteiger partial charge < -0.3 is 16.0 Å². The fourth-order valence-corrected chi connectivity index (χ4v) is 2.10. The average Bonchev–Trinajstić information content (AvgIpc) is 2.24. The normalized spacial score (nSPS) is 11.6. The van der Waals surface area contributed by atoms with Crippen molar-refractivity contribution in [2.24, 2.45) is 5.41 Å². The molecule has 6 heteroatoms. The van der Waals surface area contributed by atoms with E-state index in [2.05, 4.69) is 24.1 Å². The molecule has 6 nitrogen and oxygen atoms in total. The van der Waals surface area contributed by atoms with Gasteiger partial charge in [0.15, 0.2) is 0 Å². The number of non-ortho nitro benzene ring substituents is 1. The first kappa shape index (κ1) is 15.2. The molecule has 0 atom stereocenters. The Morgan fingerprint density at radius 1 is 1.37 bits per heavy atom. The highest BCUT2D eigenvalue weighted by Gasteiger charge is 2.19. The Hall–Kier alpha value is -1.82. The minimum Gasteiger partial charge on any atom is -0.398 e. The van der Waals surface area contributed by atoms with Crippen LogP contribution in [0.2, 0.25) is 0 Å². The monoisotopic (exact) mass is 266 g/mol. The maximum atomic E-state index is 10.8. The van der Waals surface area contributed by atoms with Crippen LogP contribution in [0.15, 0.2) is 18.2 Å². The van der Waals surface area contributed by atoms with Gasteiger partial charge in [-0.05, 0) is 25.6 Å². The number of hydrogen-bond donors (Lipinski definition) is 2. The van der Waals surface area contributed by atoms with Gasteiger partial charge >= 0.3 is 0 Å². The van der Waals surface area contributed by atoms with Crippen LogP contribution < -0.4 is 11.1 Å². The smallest absolute Gasteiger partial charge is 0.273 e. The topological polar surface area (TPSA) is 84.4 Å².